The Balaban J connectivity index is 2.16. The van der Waals surface area contributed by atoms with Crippen LogP contribution in [0.25, 0.3) is 0 Å². The lowest BCUT2D eigenvalue weighted by Crippen LogP contribution is -2.24. The molecule has 0 radical (unpaired) electrons. The van der Waals surface area contributed by atoms with Crippen LogP contribution in [0.4, 0.5) is 0 Å². The number of hydrogen-bond donors (Lipinski definition) is 0. The summed E-state index contributed by atoms with van der Waals surface area (Å²) in [5.41, 5.74) is 0.451. The Morgan fingerprint density at radius 3 is 2.33 bits per heavy atom. The fraction of sp³-hybridized carbons (Fsp3) is 1.00. The molecule has 0 bridgehead atoms. The van der Waals surface area contributed by atoms with Gasteiger partial charge in [0.05, 0.1) is 0 Å². The molecular weight excluding hydrogens is 268 g/mol. The Hall–Kier alpha value is 0.830. The van der Waals surface area contributed by atoms with E-state index in [1.807, 2.05) is 0 Å². The van der Waals surface area contributed by atoms with Crippen LogP contribution in [0.3, 0.4) is 0 Å². The monoisotopic (exact) mass is 292 g/mol. The molecule has 1 aliphatic carbocycles. The SMILES string of the molecule is CC(C)(C)C(CBr)CSCC1CCCC1. The average Bonchev–Trinajstić information content (AvgIpc) is 2.62. The molecular formula is C13H25BrS. The summed E-state index contributed by atoms with van der Waals surface area (Å²) in [7, 11) is 0. The molecule has 2 heteroatoms. The molecule has 90 valence electrons. The van der Waals surface area contributed by atoms with Crippen molar-refractivity contribution < 1.29 is 0 Å². The summed E-state index contributed by atoms with van der Waals surface area (Å²) in [4.78, 5) is 0. The maximum absolute atomic E-state index is 3.65. The van der Waals surface area contributed by atoms with Crippen molar-refractivity contribution in [3.05, 3.63) is 0 Å². The molecule has 0 heterocycles. The van der Waals surface area contributed by atoms with Crippen molar-refractivity contribution >= 4 is 27.7 Å². The first-order valence-electron chi connectivity index (χ1n) is 6.17. The number of alkyl halides is 1. The minimum absolute atomic E-state index is 0.451. The first-order chi connectivity index (χ1) is 7.04. The highest BCUT2D eigenvalue weighted by molar-refractivity contribution is 9.09. The van der Waals surface area contributed by atoms with Gasteiger partial charge in [-0.1, -0.05) is 49.5 Å². The Kier molecular flexibility index (Phi) is 6.06. The molecule has 0 aromatic carbocycles. The smallest absolute Gasteiger partial charge is 0.00725 e. The third kappa shape index (κ3) is 5.12. The second-order valence-electron chi connectivity index (χ2n) is 5.91. The average molecular weight is 293 g/mol. The fourth-order valence-electron chi connectivity index (χ4n) is 2.08. The van der Waals surface area contributed by atoms with E-state index >= 15 is 0 Å². The van der Waals surface area contributed by atoms with E-state index in [2.05, 4.69) is 48.5 Å². The van der Waals surface area contributed by atoms with Crippen LogP contribution in [0, 0.1) is 17.3 Å². The van der Waals surface area contributed by atoms with Crippen LogP contribution in [0.1, 0.15) is 46.5 Å². The van der Waals surface area contributed by atoms with Gasteiger partial charge in [0.25, 0.3) is 0 Å². The van der Waals surface area contributed by atoms with Crippen molar-refractivity contribution in [3.8, 4) is 0 Å². The zero-order valence-corrected chi connectivity index (χ0v) is 12.8. The molecule has 1 atom stereocenters. The topological polar surface area (TPSA) is 0 Å². The zero-order valence-electron chi connectivity index (χ0n) is 10.4. The van der Waals surface area contributed by atoms with Gasteiger partial charge in [0.15, 0.2) is 0 Å². The number of rotatable bonds is 5. The van der Waals surface area contributed by atoms with Gasteiger partial charge in [-0.2, -0.15) is 11.8 Å². The highest BCUT2D eigenvalue weighted by Gasteiger charge is 2.24. The van der Waals surface area contributed by atoms with Crippen molar-refractivity contribution in [2.45, 2.75) is 46.5 Å². The second-order valence-corrected chi connectivity index (χ2v) is 7.63. The van der Waals surface area contributed by atoms with E-state index in [-0.39, 0.29) is 0 Å². The van der Waals surface area contributed by atoms with Crippen LogP contribution < -0.4 is 0 Å². The van der Waals surface area contributed by atoms with E-state index in [1.165, 1.54) is 37.2 Å². The molecule has 1 fully saturated rings. The van der Waals surface area contributed by atoms with Crippen molar-refractivity contribution in [2.24, 2.45) is 17.3 Å². The van der Waals surface area contributed by atoms with Gasteiger partial charge in [-0.25, -0.2) is 0 Å². The van der Waals surface area contributed by atoms with E-state index in [0.717, 1.165) is 17.2 Å². The van der Waals surface area contributed by atoms with Gasteiger partial charge in [0.2, 0.25) is 0 Å². The minimum Gasteiger partial charge on any atom is -0.161 e. The van der Waals surface area contributed by atoms with Gasteiger partial charge in [0.1, 0.15) is 0 Å². The summed E-state index contributed by atoms with van der Waals surface area (Å²) in [6.07, 6.45) is 5.93. The van der Waals surface area contributed by atoms with Crippen LogP contribution in [0.2, 0.25) is 0 Å². The predicted octanol–water partition coefficient (Wildman–Crippen LogP) is 4.97. The molecule has 0 aliphatic heterocycles. The maximum Gasteiger partial charge on any atom is 0.00725 e. The lowest BCUT2D eigenvalue weighted by atomic mass is 9.83. The minimum atomic E-state index is 0.451. The molecule has 0 aromatic rings. The van der Waals surface area contributed by atoms with E-state index in [9.17, 15) is 0 Å². The van der Waals surface area contributed by atoms with Crippen LogP contribution in [0.15, 0.2) is 0 Å². The lowest BCUT2D eigenvalue weighted by molar-refractivity contribution is 0.295. The summed E-state index contributed by atoms with van der Waals surface area (Å²) in [5, 5.41) is 1.15. The highest BCUT2D eigenvalue weighted by atomic mass is 79.9. The van der Waals surface area contributed by atoms with Crippen LogP contribution in [0.5, 0.6) is 0 Å². The molecule has 0 saturated heterocycles. The highest BCUT2D eigenvalue weighted by Crippen LogP contribution is 2.33. The predicted molar refractivity (Wildman–Crippen MR) is 76.0 cm³/mol. The van der Waals surface area contributed by atoms with Gasteiger partial charge in [0, 0.05) is 5.33 Å². The van der Waals surface area contributed by atoms with Crippen LogP contribution >= 0.6 is 27.7 Å². The molecule has 1 saturated carbocycles. The quantitative estimate of drug-likeness (QED) is 0.645. The van der Waals surface area contributed by atoms with Crippen LogP contribution in [-0.2, 0) is 0 Å². The van der Waals surface area contributed by atoms with E-state index in [4.69, 9.17) is 0 Å². The molecule has 1 aliphatic rings. The standard InChI is InChI=1S/C13H25BrS/c1-13(2,3)12(8-14)10-15-9-11-6-4-5-7-11/h11-12H,4-10H2,1-3H3. The van der Waals surface area contributed by atoms with Crippen molar-refractivity contribution in [1.82, 2.24) is 0 Å². The summed E-state index contributed by atoms with van der Waals surface area (Å²) in [6, 6.07) is 0. The zero-order chi connectivity index (χ0) is 11.3. The summed E-state index contributed by atoms with van der Waals surface area (Å²) in [6.45, 7) is 7.07. The van der Waals surface area contributed by atoms with E-state index in [1.54, 1.807) is 0 Å². The van der Waals surface area contributed by atoms with Gasteiger partial charge < -0.3 is 0 Å². The Labute approximate surface area is 108 Å². The first kappa shape index (κ1) is 13.9. The van der Waals surface area contributed by atoms with E-state index < -0.39 is 0 Å². The first-order valence-corrected chi connectivity index (χ1v) is 8.45. The Morgan fingerprint density at radius 1 is 1.27 bits per heavy atom. The molecule has 1 rings (SSSR count). The van der Waals surface area contributed by atoms with Gasteiger partial charge >= 0.3 is 0 Å². The molecule has 0 amide bonds. The molecule has 15 heavy (non-hydrogen) atoms. The number of hydrogen-bond acceptors (Lipinski definition) is 1. The van der Waals surface area contributed by atoms with Gasteiger partial charge in [-0.15, -0.1) is 0 Å². The Bertz CT molecular complexity index is 168. The summed E-state index contributed by atoms with van der Waals surface area (Å²) in [5.74, 6) is 4.57. The fourth-order valence-corrected chi connectivity index (χ4v) is 5.29. The van der Waals surface area contributed by atoms with Crippen molar-refractivity contribution in [2.75, 3.05) is 16.8 Å². The molecule has 0 nitrogen and oxygen atoms in total. The summed E-state index contributed by atoms with van der Waals surface area (Å²) >= 11 is 5.83. The molecule has 0 N–H and O–H groups in total. The van der Waals surface area contributed by atoms with E-state index in [0.29, 0.717) is 5.41 Å². The molecule has 1 unspecified atom stereocenters. The molecule has 0 aromatic heterocycles. The Morgan fingerprint density at radius 2 is 1.87 bits per heavy atom. The lowest BCUT2D eigenvalue weighted by Gasteiger charge is -2.29. The normalized spacial score (nSPS) is 20.8. The maximum atomic E-state index is 3.65. The number of halogens is 1. The molecule has 0 spiro atoms. The van der Waals surface area contributed by atoms with Gasteiger partial charge in [-0.05, 0) is 41.6 Å². The van der Waals surface area contributed by atoms with Crippen LogP contribution in [-0.4, -0.2) is 16.8 Å². The number of thioether (sulfide) groups is 1. The third-order valence-electron chi connectivity index (χ3n) is 3.56. The third-order valence-corrected chi connectivity index (χ3v) is 5.69. The van der Waals surface area contributed by atoms with Crippen molar-refractivity contribution in [3.63, 3.8) is 0 Å². The largest absolute Gasteiger partial charge is 0.161 e. The summed E-state index contributed by atoms with van der Waals surface area (Å²) < 4.78 is 0. The second kappa shape index (κ2) is 6.54. The van der Waals surface area contributed by atoms with Gasteiger partial charge in [-0.3, -0.25) is 0 Å². The van der Waals surface area contributed by atoms with Crippen molar-refractivity contribution in [1.29, 1.82) is 0 Å².